The van der Waals surface area contributed by atoms with Gasteiger partial charge in [-0.05, 0) is 48.9 Å². The average molecular weight is 477 g/mol. The normalized spacial score (nSPS) is 19.1. The minimum atomic E-state index is -1.07. The quantitative estimate of drug-likeness (QED) is 0.515. The summed E-state index contributed by atoms with van der Waals surface area (Å²) in [6.07, 6.45) is 3.63. The predicted molar refractivity (Wildman–Crippen MR) is 137 cm³/mol. The van der Waals surface area contributed by atoms with Crippen molar-refractivity contribution in [2.24, 2.45) is 10.2 Å². The minimum Gasteiger partial charge on any atom is -0.508 e. The van der Waals surface area contributed by atoms with Crippen LogP contribution in [0.2, 0.25) is 0 Å². The molecule has 1 heterocycles. The maximum atomic E-state index is 13.0. The van der Waals surface area contributed by atoms with Crippen molar-refractivity contribution in [1.82, 2.24) is 0 Å². The van der Waals surface area contributed by atoms with Gasteiger partial charge < -0.3 is 10.2 Å². The van der Waals surface area contributed by atoms with E-state index in [4.69, 9.17) is 0 Å². The number of carboxylic acid groups (broad SMARTS) is 1. The van der Waals surface area contributed by atoms with Crippen LogP contribution in [0.15, 0.2) is 52.7 Å². The fraction of sp³-hybridized carbons (Fsp3) is 0.407. The molecular formula is C27H32N4O4. The number of rotatable bonds is 5. The highest BCUT2D eigenvalue weighted by atomic mass is 16.4. The molecule has 1 saturated carbocycles. The molecule has 1 aliphatic heterocycles. The van der Waals surface area contributed by atoms with E-state index < -0.39 is 11.4 Å². The van der Waals surface area contributed by atoms with Crippen LogP contribution < -0.4 is 10.4 Å². The van der Waals surface area contributed by atoms with Gasteiger partial charge in [-0.2, -0.15) is 15.2 Å². The highest BCUT2D eigenvalue weighted by molar-refractivity contribution is 6.71. The molecule has 0 atom stereocenters. The first-order chi connectivity index (χ1) is 16.5. The number of hydrogen-bond acceptors (Lipinski definition) is 6. The molecule has 184 valence electrons. The number of carbonyl (C=O) groups excluding carboxylic acids is 1. The van der Waals surface area contributed by atoms with Crippen LogP contribution in [0.4, 0.5) is 11.4 Å². The SMILES string of the molecule is CC1=NN(c2ccc(C(C)(C)C)cc2)C(=O)C1=NNc1ccc(C2(C(=O)O)CCCCC2)c(O)c1. The molecule has 0 saturated heterocycles. The number of nitrogens with one attached hydrogen (secondary N) is 1. The lowest BCUT2D eigenvalue weighted by atomic mass is 9.69. The lowest BCUT2D eigenvalue weighted by molar-refractivity contribution is -0.145. The summed E-state index contributed by atoms with van der Waals surface area (Å²) in [5, 5.41) is 30.5. The zero-order valence-corrected chi connectivity index (χ0v) is 20.6. The molecule has 1 aliphatic carbocycles. The Hall–Kier alpha value is -3.68. The van der Waals surface area contributed by atoms with E-state index in [0.29, 0.717) is 35.5 Å². The van der Waals surface area contributed by atoms with Crippen molar-refractivity contribution in [1.29, 1.82) is 0 Å². The number of phenols is 1. The first kappa shape index (κ1) is 24.4. The first-order valence-corrected chi connectivity index (χ1v) is 11.9. The number of nitrogens with zero attached hydrogens (tertiary/aromatic N) is 3. The molecule has 2 aromatic carbocycles. The Bertz CT molecular complexity index is 1200. The van der Waals surface area contributed by atoms with Gasteiger partial charge >= 0.3 is 11.9 Å². The Morgan fingerprint density at radius 1 is 1.09 bits per heavy atom. The standard InChI is InChI=1S/C27H32N4O4/c1-17-23(24(33)31(30-17)20-11-8-18(9-12-20)26(2,3)4)29-28-19-10-13-21(22(32)16-19)27(25(34)35)14-6-5-7-15-27/h8-13,16,28,32H,5-7,14-15H2,1-4H3,(H,34,35). The highest BCUT2D eigenvalue weighted by Gasteiger charge is 2.43. The number of amides is 1. The smallest absolute Gasteiger partial charge is 0.314 e. The van der Waals surface area contributed by atoms with Crippen molar-refractivity contribution >= 4 is 34.7 Å². The largest absolute Gasteiger partial charge is 0.508 e. The van der Waals surface area contributed by atoms with E-state index >= 15 is 0 Å². The van der Waals surface area contributed by atoms with E-state index in [-0.39, 0.29) is 22.8 Å². The monoisotopic (exact) mass is 476 g/mol. The lowest BCUT2D eigenvalue weighted by Gasteiger charge is -2.34. The van der Waals surface area contributed by atoms with E-state index in [1.165, 1.54) is 11.1 Å². The lowest BCUT2D eigenvalue weighted by Crippen LogP contribution is -2.37. The maximum absolute atomic E-state index is 13.0. The van der Waals surface area contributed by atoms with Crippen LogP contribution in [0.3, 0.4) is 0 Å². The Kier molecular flexibility index (Phi) is 6.40. The van der Waals surface area contributed by atoms with Gasteiger partial charge in [-0.25, -0.2) is 0 Å². The summed E-state index contributed by atoms with van der Waals surface area (Å²) < 4.78 is 0. The van der Waals surface area contributed by atoms with Crippen LogP contribution in [0.1, 0.15) is 70.9 Å². The number of benzene rings is 2. The van der Waals surface area contributed by atoms with Crippen molar-refractivity contribution in [2.45, 2.75) is 70.6 Å². The van der Waals surface area contributed by atoms with Gasteiger partial charge in [0, 0.05) is 11.6 Å². The molecule has 35 heavy (non-hydrogen) atoms. The van der Waals surface area contributed by atoms with Gasteiger partial charge in [0.05, 0.1) is 22.5 Å². The van der Waals surface area contributed by atoms with Crippen LogP contribution in [0, 0.1) is 0 Å². The number of anilines is 2. The molecule has 0 radical (unpaired) electrons. The molecule has 3 N–H and O–H groups in total. The van der Waals surface area contributed by atoms with Gasteiger partial charge in [0.25, 0.3) is 0 Å². The zero-order chi connectivity index (χ0) is 25.4. The van der Waals surface area contributed by atoms with Crippen molar-refractivity contribution < 1.29 is 19.8 Å². The molecule has 0 unspecified atom stereocenters. The number of aromatic hydroxyl groups is 1. The molecule has 1 fully saturated rings. The van der Waals surface area contributed by atoms with Crippen LogP contribution in [-0.4, -0.2) is 33.5 Å². The summed E-state index contributed by atoms with van der Waals surface area (Å²) in [6, 6.07) is 12.5. The molecule has 0 bridgehead atoms. The number of phenolic OH excluding ortho intramolecular Hbond substituents is 1. The fourth-order valence-corrected chi connectivity index (χ4v) is 4.78. The first-order valence-electron chi connectivity index (χ1n) is 11.9. The molecule has 2 aromatic rings. The number of carbonyl (C=O) groups is 2. The Labute approximate surface area is 205 Å². The molecule has 4 rings (SSSR count). The van der Waals surface area contributed by atoms with Crippen molar-refractivity contribution in [3.8, 4) is 5.75 Å². The highest BCUT2D eigenvalue weighted by Crippen LogP contribution is 2.44. The maximum Gasteiger partial charge on any atom is 0.314 e. The van der Waals surface area contributed by atoms with E-state index in [1.54, 1.807) is 19.1 Å². The van der Waals surface area contributed by atoms with Crippen LogP contribution >= 0.6 is 0 Å². The number of carboxylic acids is 1. The van der Waals surface area contributed by atoms with E-state index in [0.717, 1.165) is 24.8 Å². The molecule has 1 amide bonds. The summed E-state index contributed by atoms with van der Waals surface area (Å²) in [4.78, 5) is 25.1. The number of hydrogen-bond donors (Lipinski definition) is 3. The van der Waals surface area contributed by atoms with E-state index in [9.17, 15) is 19.8 Å². The van der Waals surface area contributed by atoms with Gasteiger partial charge in [-0.3, -0.25) is 15.0 Å². The van der Waals surface area contributed by atoms with Crippen molar-refractivity contribution in [3.05, 3.63) is 53.6 Å². The van der Waals surface area contributed by atoms with Crippen molar-refractivity contribution in [3.63, 3.8) is 0 Å². The minimum absolute atomic E-state index is 0.00543. The van der Waals surface area contributed by atoms with Crippen LogP contribution in [0.25, 0.3) is 0 Å². The molecule has 8 heteroatoms. The molecule has 0 spiro atoms. The van der Waals surface area contributed by atoms with Crippen LogP contribution in [0.5, 0.6) is 5.75 Å². The summed E-state index contributed by atoms with van der Waals surface area (Å²) in [6.45, 7) is 8.09. The van der Waals surface area contributed by atoms with Crippen LogP contribution in [-0.2, 0) is 20.4 Å². The second-order valence-corrected chi connectivity index (χ2v) is 10.4. The Morgan fingerprint density at radius 3 is 2.31 bits per heavy atom. The third kappa shape index (κ3) is 4.65. The summed E-state index contributed by atoms with van der Waals surface area (Å²) in [7, 11) is 0. The molecular weight excluding hydrogens is 444 g/mol. The second kappa shape index (κ2) is 9.17. The molecule has 2 aliphatic rings. The Morgan fingerprint density at radius 2 is 1.74 bits per heavy atom. The van der Waals surface area contributed by atoms with Gasteiger partial charge in [-0.1, -0.05) is 58.2 Å². The van der Waals surface area contributed by atoms with E-state index in [1.807, 2.05) is 24.3 Å². The van der Waals surface area contributed by atoms with Gasteiger partial charge in [0.2, 0.25) is 0 Å². The number of hydrazone groups is 2. The fourth-order valence-electron chi connectivity index (χ4n) is 4.78. The summed E-state index contributed by atoms with van der Waals surface area (Å²) in [5.74, 6) is -1.36. The molecule has 8 nitrogen and oxygen atoms in total. The van der Waals surface area contributed by atoms with Gasteiger partial charge in [0.15, 0.2) is 5.71 Å². The van der Waals surface area contributed by atoms with Crippen molar-refractivity contribution in [2.75, 3.05) is 10.4 Å². The van der Waals surface area contributed by atoms with Gasteiger partial charge in [-0.15, -0.1) is 0 Å². The summed E-state index contributed by atoms with van der Waals surface area (Å²) >= 11 is 0. The Balaban J connectivity index is 1.52. The van der Waals surface area contributed by atoms with E-state index in [2.05, 4.69) is 36.4 Å². The third-order valence-corrected chi connectivity index (χ3v) is 6.89. The van der Waals surface area contributed by atoms with Gasteiger partial charge in [0.1, 0.15) is 5.75 Å². The topological polar surface area (TPSA) is 115 Å². The molecule has 0 aromatic heterocycles. The zero-order valence-electron chi connectivity index (χ0n) is 20.6. The predicted octanol–water partition coefficient (Wildman–Crippen LogP) is 5.17. The second-order valence-electron chi connectivity index (χ2n) is 10.4. The third-order valence-electron chi connectivity index (χ3n) is 6.89. The summed E-state index contributed by atoms with van der Waals surface area (Å²) in [5.41, 5.74) is 5.07. The number of aliphatic carboxylic acids is 1. The average Bonchev–Trinajstić information content (AvgIpc) is 3.10.